The summed E-state index contributed by atoms with van der Waals surface area (Å²) in [5.74, 6) is -2.00. The van der Waals surface area contributed by atoms with Crippen molar-refractivity contribution in [2.75, 3.05) is 5.73 Å². The molecule has 0 unspecified atom stereocenters. The maximum Gasteiger partial charge on any atom is 0.206 e. The molecule has 0 aliphatic carbocycles. The first-order valence-corrected chi connectivity index (χ1v) is 6.35. The highest BCUT2D eigenvalue weighted by molar-refractivity contribution is 9.10. The molecule has 0 saturated heterocycles. The first-order valence-electron chi connectivity index (χ1n) is 5.56. The lowest BCUT2D eigenvalue weighted by Crippen LogP contribution is -2.01. The zero-order chi connectivity index (χ0) is 14.4. The molecule has 3 rings (SSSR count). The van der Waals surface area contributed by atoms with Crippen LogP contribution in [-0.2, 0) is 0 Å². The van der Waals surface area contributed by atoms with E-state index in [1.807, 2.05) is 0 Å². The first kappa shape index (κ1) is 13.0. The lowest BCUT2D eigenvalue weighted by molar-refractivity contribution is 0.590. The molecule has 7 heteroatoms. The summed E-state index contributed by atoms with van der Waals surface area (Å²) in [6.07, 6.45) is 0. The first-order chi connectivity index (χ1) is 9.47. The zero-order valence-corrected chi connectivity index (χ0v) is 11.5. The standard InChI is InChI=1S/C13H7BrF3N3/c14-8-5-7(1-2-9(8)16)20-11-4-6(15)3-10(17)12(11)19-13(20)18/h1-5H,(H2,18,19). The Morgan fingerprint density at radius 3 is 2.50 bits per heavy atom. The maximum absolute atomic E-state index is 13.7. The van der Waals surface area contributed by atoms with Crippen LogP contribution in [0.5, 0.6) is 0 Å². The van der Waals surface area contributed by atoms with E-state index >= 15 is 0 Å². The van der Waals surface area contributed by atoms with E-state index in [2.05, 4.69) is 20.9 Å². The van der Waals surface area contributed by atoms with Gasteiger partial charge in [-0.25, -0.2) is 18.2 Å². The van der Waals surface area contributed by atoms with Gasteiger partial charge in [0, 0.05) is 12.1 Å². The quantitative estimate of drug-likeness (QED) is 0.731. The molecule has 102 valence electrons. The number of benzene rings is 2. The smallest absolute Gasteiger partial charge is 0.206 e. The molecule has 1 aromatic heterocycles. The molecule has 0 radical (unpaired) electrons. The fraction of sp³-hybridized carbons (Fsp3) is 0. The van der Waals surface area contributed by atoms with Gasteiger partial charge in [-0.1, -0.05) is 0 Å². The Kier molecular flexibility index (Phi) is 2.93. The minimum absolute atomic E-state index is 0.0111. The van der Waals surface area contributed by atoms with Crippen LogP contribution in [0.25, 0.3) is 16.7 Å². The summed E-state index contributed by atoms with van der Waals surface area (Å²) >= 11 is 3.05. The molecule has 0 saturated carbocycles. The number of hydrogen-bond acceptors (Lipinski definition) is 2. The number of nitrogen functional groups attached to an aromatic ring is 1. The van der Waals surface area contributed by atoms with Crippen molar-refractivity contribution in [3.8, 4) is 5.69 Å². The molecule has 0 aliphatic rings. The van der Waals surface area contributed by atoms with Gasteiger partial charge in [-0.05, 0) is 34.1 Å². The highest BCUT2D eigenvalue weighted by Crippen LogP contribution is 2.28. The number of nitrogens with zero attached hydrogens (tertiary/aromatic N) is 2. The second-order valence-corrected chi connectivity index (χ2v) is 5.01. The van der Waals surface area contributed by atoms with Crippen LogP contribution in [0.15, 0.2) is 34.8 Å². The normalized spacial score (nSPS) is 11.2. The van der Waals surface area contributed by atoms with Crippen molar-refractivity contribution in [1.82, 2.24) is 9.55 Å². The summed E-state index contributed by atoms with van der Waals surface area (Å²) in [6.45, 7) is 0. The van der Waals surface area contributed by atoms with Gasteiger partial charge < -0.3 is 5.73 Å². The molecule has 3 nitrogen and oxygen atoms in total. The van der Waals surface area contributed by atoms with Crippen LogP contribution in [0.3, 0.4) is 0 Å². The van der Waals surface area contributed by atoms with Crippen molar-refractivity contribution in [2.24, 2.45) is 0 Å². The Hall–Kier alpha value is -2.02. The van der Waals surface area contributed by atoms with Crippen LogP contribution in [0.4, 0.5) is 19.1 Å². The molecule has 0 amide bonds. The highest BCUT2D eigenvalue weighted by atomic mass is 79.9. The van der Waals surface area contributed by atoms with E-state index in [1.54, 1.807) is 0 Å². The number of halogens is 4. The van der Waals surface area contributed by atoms with Crippen LogP contribution in [0.2, 0.25) is 0 Å². The van der Waals surface area contributed by atoms with Crippen molar-refractivity contribution >= 4 is 32.9 Å². The molecule has 0 atom stereocenters. The zero-order valence-electron chi connectivity index (χ0n) is 9.87. The number of aromatic nitrogens is 2. The summed E-state index contributed by atoms with van der Waals surface area (Å²) in [6, 6.07) is 5.98. The third kappa shape index (κ3) is 1.94. The van der Waals surface area contributed by atoms with E-state index in [1.165, 1.54) is 22.8 Å². The fourth-order valence-electron chi connectivity index (χ4n) is 2.02. The second kappa shape index (κ2) is 4.52. The lowest BCUT2D eigenvalue weighted by Gasteiger charge is -2.07. The molecule has 0 fully saturated rings. The summed E-state index contributed by atoms with van der Waals surface area (Å²) in [7, 11) is 0. The monoisotopic (exact) mass is 341 g/mol. The maximum atomic E-state index is 13.7. The van der Waals surface area contributed by atoms with E-state index in [0.29, 0.717) is 5.69 Å². The SMILES string of the molecule is Nc1nc2c(F)cc(F)cc2n1-c1ccc(F)c(Br)c1. The summed E-state index contributed by atoms with van der Waals surface area (Å²) in [5.41, 5.74) is 6.34. The fourth-order valence-corrected chi connectivity index (χ4v) is 2.38. The molecule has 0 spiro atoms. The molecule has 20 heavy (non-hydrogen) atoms. The summed E-state index contributed by atoms with van der Waals surface area (Å²) < 4.78 is 41.8. The van der Waals surface area contributed by atoms with Crippen LogP contribution in [0, 0.1) is 17.5 Å². The van der Waals surface area contributed by atoms with E-state index in [-0.39, 0.29) is 21.5 Å². The van der Waals surface area contributed by atoms with Crippen molar-refractivity contribution in [3.63, 3.8) is 0 Å². The Labute approximate surface area is 120 Å². The Morgan fingerprint density at radius 2 is 1.80 bits per heavy atom. The average Bonchev–Trinajstić information content (AvgIpc) is 2.70. The Bertz CT molecular complexity index is 829. The highest BCUT2D eigenvalue weighted by Gasteiger charge is 2.15. The average molecular weight is 342 g/mol. The van der Waals surface area contributed by atoms with Gasteiger partial charge in [0.25, 0.3) is 0 Å². The molecular formula is C13H7BrF3N3. The number of rotatable bonds is 1. The molecule has 2 N–H and O–H groups in total. The van der Waals surface area contributed by atoms with Gasteiger partial charge in [0.2, 0.25) is 5.95 Å². The van der Waals surface area contributed by atoms with Crippen LogP contribution in [-0.4, -0.2) is 9.55 Å². The number of imidazole rings is 1. The number of hydrogen-bond donors (Lipinski definition) is 1. The minimum Gasteiger partial charge on any atom is -0.369 e. The van der Waals surface area contributed by atoms with Gasteiger partial charge in [-0.15, -0.1) is 0 Å². The van der Waals surface area contributed by atoms with E-state index in [9.17, 15) is 13.2 Å². The van der Waals surface area contributed by atoms with Gasteiger partial charge in [-0.2, -0.15) is 0 Å². The van der Waals surface area contributed by atoms with Gasteiger partial charge >= 0.3 is 0 Å². The molecule has 1 heterocycles. The van der Waals surface area contributed by atoms with Crippen molar-refractivity contribution < 1.29 is 13.2 Å². The predicted molar refractivity (Wildman–Crippen MR) is 73.1 cm³/mol. The number of nitrogens with two attached hydrogens (primary N) is 1. The second-order valence-electron chi connectivity index (χ2n) is 4.16. The Balaban J connectivity index is 2.35. The molecule has 0 aliphatic heterocycles. The van der Waals surface area contributed by atoms with Gasteiger partial charge in [-0.3, -0.25) is 4.57 Å². The van der Waals surface area contributed by atoms with Crippen molar-refractivity contribution in [3.05, 3.63) is 52.3 Å². The van der Waals surface area contributed by atoms with Crippen molar-refractivity contribution in [1.29, 1.82) is 0 Å². The van der Waals surface area contributed by atoms with E-state index < -0.39 is 17.5 Å². The molecule has 0 bridgehead atoms. The lowest BCUT2D eigenvalue weighted by atomic mass is 10.2. The van der Waals surface area contributed by atoms with Crippen LogP contribution in [0.1, 0.15) is 0 Å². The van der Waals surface area contributed by atoms with Crippen LogP contribution < -0.4 is 5.73 Å². The number of fused-ring (bicyclic) bond motifs is 1. The van der Waals surface area contributed by atoms with Crippen LogP contribution >= 0.6 is 15.9 Å². The molecular weight excluding hydrogens is 335 g/mol. The summed E-state index contributed by atoms with van der Waals surface area (Å²) in [4.78, 5) is 3.87. The largest absolute Gasteiger partial charge is 0.369 e. The Morgan fingerprint density at radius 1 is 1.05 bits per heavy atom. The van der Waals surface area contributed by atoms with Crippen molar-refractivity contribution in [2.45, 2.75) is 0 Å². The van der Waals surface area contributed by atoms with E-state index in [4.69, 9.17) is 5.73 Å². The van der Waals surface area contributed by atoms with Gasteiger partial charge in [0.05, 0.1) is 15.7 Å². The molecule has 2 aromatic carbocycles. The molecule has 3 aromatic rings. The topological polar surface area (TPSA) is 43.8 Å². The van der Waals surface area contributed by atoms with E-state index in [0.717, 1.165) is 12.1 Å². The third-order valence-corrected chi connectivity index (χ3v) is 3.47. The minimum atomic E-state index is -0.799. The number of anilines is 1. The summed E-state index contributed by atoms with van der Waals surface area (Å²) in [5, 5.41) is 0. The predicted octanol–water partition coefficient (Wildman–Crippen LogP) is 3.79. The van der Waals surface area contributed by atoms with Gasteiger partial charge in [0.15, 0.2) is 5.82 Å². The van der Waals surface area contributed by atoms with Gasteiger partial charge in [0.1, 0.15) is 17.2 Å². The third-order valence-electron chi connectivity index (χ3n) is 2.87.